The SMILES string of the molecule is Oc1cccc(CN2CCOC(CF)C2)c1. The predicted octanol–water partition coefficient (Wildman–Crippen LogP) is 1.56. The van der Waals surface area contributed by atoms with Crippen LogP contribution in [0.2, 0.25) is 0 Å². The Hall–Kier alpha value is -1.13. The maximum atomic E-state index is 12.5. The minimum absolute atomic E-state index is 0.271. The number of nitrogens with zero attached hydrogens (tertiary/aromatic N) is 1. The first kappa shape index (κ1) is 11.4. The van der Waals surface area contributed by atoms with Crippen LogP contribution in [0.1, 0.15) is 5.56 Å². The summed E-state index contributed by atoms with van der Waals surface area (Å²) in [5.74, 6) is 0.271. The van der Waals surface area contributed by atoms with Gasteiger partial charge in [-0.25, -0.2) is 4.39 Å². The number of hydrogen-bond donors (Lipinski definition) is 1. The Morgan fingerprint density at radius 1 is 1.50 bits per heavy atom. The Kier molecular flexibility index (Phi) is 3.74. The van der Waals surface area contributed by atoms with E-state index in [1.807, 2.05) is 12.1 Å². The van der Waals surface area contributed by atoms with E-state index in [1.165, 1.54) is 0 Å². The summed E-state index contributed by atoms with van der Waals surface area (Å²) >= 11 is 0. The van der Waals surface area contributed by atoms with Crippen molar-refractivity contribution in [3.63, 3.8) is 0 Å². The lowest BCUT2D eigenvalue weighted by atomic mass is 10.2. The molecule has 16 heavy (non-hydrogen) atoms. The third kappa shape index (κ3) is 2.93. The molecule has 1 aliphatic rings. The highest BCUT2D eigenvalue weighted by atomic mass is 19.1. The fourth-order valence-electron chi connectivity index (χ4n) is 1.93. The van der Waals surface area contributed by atoms with Crippen LogP contribution in [0.15, 0.2) is 24.3 Å². The molecular weight excluding hydrogens is 209 g/mol. The summed E-state index contributed by atoms with van der Waals surface area (Å²) in [5.41, 5.74) is 1.04. The smallest absolute Gasteiger partial charge is 0.117 e. The van der Waals surface area contributed by atoms with E-state index in [0.717, 1.165) is 18.7 Å². The Morgan fingerprint density at radius 2 is 2.38 bits per heavy atom. The maximum absolute atomic E-state index is 12.5. The fraction of sp³-hybridized carbons (Fsp3) is 0.500. The van der Waals surface area contributed by atoms with E-state index in [0.29, 0.717) is 13.2 Å². The zero-order valence-corrected chi connectivity index (χ0v) is 9.10. The molecule has 1 aromatic carbocycles. The largest absolute Gasteiger partial charge is 0.508 e. The van der Waals surface area contributed by atoms with Crippen molar-refractivity contribution in [2.24, 2.45) is 0 Å². The second kappa shape index (κ2) is 5.27. The van der Waals surface area contributed by atoms with Crippen LogP contribution in [0, 0.1) is 0 Å². The zero-order valence-electron chi connectivity index (χ0n) is 9.10. The van der Waals surface area contributed by atoms with Gasteiger partial charge in [0.2, 0.25) is 0 Å². The van der Waals surface area contributed by atoms with E-state index >= 15 is 0 Å². The second-order valence-corrected chi connectivity index (χ2v) is 4.05. The first-order valence-electron chi connectivity index (χ1n) is 5.46. The van der Waals surface area contributed by atoms with Crippen molar-refractivity contribution in [3.8, 4) is 5.75 Å². The molecule has 0 amide bonds. The normalized spacial score (nSPS) is 22.2. The van der Waals surface area contributed by atoms with Crippen molar-refractivity contribution in [1.82, 2.24) is 4.90 Å². The van der Waals surface area contributed by atoms with E-state index < -0.39 is 6.67 Å². The number of alkyl halides is 1. The number of benzene rings is 1. The predicted molar refractivity (Wildman–Crippen MR) is 59.1 cm³/mol. The van der Waals surface area contributed by atoms with Crippen molar-refractivity contribution in [2.45, 2.75) is 12.6 Å². The number of morpholine rings is 1. The van der Waals surface area contributed by atoms with Gasteiger partial charge in [0, 0.05) is 19.6 Å². The third-order valence-corrected chi connectivity index (χ3v) is 2.71. The topological polar surface area (TPSA) is 32.7 Å². The highest BCUT2D eigenvalue weighted by molar-refractivity contribution is 5.27. The molecule has 0 radical (unpaired) electrons. The van der Waals surface area contributed by atoms with Crippen molar-refractivity contribution >= 4 is 0 Å². The van der Waals surface area contributed by atoms with Gasteiger partial charge in [0.25, 0.3) is 0 Å². The van der Waals surface area contributed by atoms with Crippen LogP contribution in [0.5, 0.6) is 5.75 Å². The van der Waals surface area contributed by atoms with Gasteiger partial charge in [-0.15, -0.1) is 0 Å². The summed E-state index contributed by atoms with van der Waals surface area (Å²) < 4.78 is 17.7. The minimum Gasteiger partial charge on any atom is -0.508 e. The van der Waals surface area contributed by atoms with Crippen LogP contribution in [0.25, 0.3) is 0 Å². The molecule has 1 atom stereocenters. The Bertz CT molecular complexity index is 346. The molecule has 1 unspecified atom stereocenters. The Balaban J connectivity index is 1.94. The van der Waals surface area contributed by atoms with Crippen LogP contribution < -0.4 is 0 Å². The van der Waals surface area contributed by atoms with Gasteiger partial charge in [0.1, 0.15) is 12.4 Å². The molecule has 1 saturated heterocycles. The minimum atomic E-state index is -0.434. The summed E-state index contributed by atoms with van der Waals surface area (Å²) in [6.45, 7) is 2.30. The Morgan fingerprint density at radius 3 is 3.12 bits per heavy atom. The molecule has 3 nitrogen and oxygen atoms in total. The monoisotopic (exact) mass is 225 g/mol. The van der Waals surface area contributed by atoms with E-state index in [2.05, 4.69) is 4.90 Å². The third-order valence-electron chi connectivity index (χ3n) is 2.71. The van der Waals surface area contributed by atoms with Gasteiger partial charge in [-0.1, -0.05) is 12.1 Å². The number of hydrogen-bond acceptors (Lipinski definition) is 3. The molecule has 1 aromatic rings. The average molecular weight is 225 g/mol. The van der Waals surface area contributed by atoms with Gasteiger partial charge in [0.05, 0.1) is 12.7 Å². The van der Waals surface area contributed by atoms with Gasteiger partial charge in [-0.05, 0) is 17.7 Å². The van der Waals surface area contributed by atoms with Crippen molar-refractivity contribution in [1.29, 1.82) is 0 Å². The molecule has 1 heterocycles. The summed E-state index contributed by atoms with van der Waals surface area (Å²) in [7, 11) is 0. The second-order valence-electron chi connectivity index (χ2n) is 4.05. The Labute approximate surface area is 94.4 Å². The van der Waals surface area contributed by atoms with Crippen LogP contribution in [-0.2, 0) is 11.3 Å². The molecule has 4 heteroatoms. The van der Waals surface area contributed by atoms with Gasteiger partial charge in [0.15, 0.2) is 0 Å². The quantitative estimate of drug-likeness (QED) is 0.847. The van der Waals surface area contributed by atoms with Gasteiger partial charge in [-0.3, -0.25) is 4.90 Å². The standard InChI is InChI=1S/C12H16FNO2/c13-7-12-9-14(4-5-16-12)8-10-2-1-3-11(15)6-10/h1-3,6,12,15H,4-5,7-9H2. The molecule has 0 spiro atoms. The number of phenols is 1. The van der Waals surface area contributed by atoms with E-state index in [9.17, 15) is 9.50 Å². The van der Waals surface area contributed by atoms with Gasteiger partial charge >= 0.3 is 0 Å². The fourth-order valence-corrected chi connectivity index (χ4v) is 1.93. The number of phenolic OH excluding ortho intramolecular Hbond substituents is 1. The van der Waals surface area contributed by atoms with Crippen molar-refractivity contribution in [2.75, 3.05) is 26.4 Å². The molecule has 2 rings (SSSR count). The number of ether oxygens (including phenoxy) is 1. The summed E-state index contributed by atoms with van der Waals surface area (Å²) in [4.78, 5) is 2.14. The van der Waals surface area contributed by atoms with Crippen LogP contribution >= 0.6 is 0 Å². The van der Waals surface area contributed by atoms with Crippen molar-refractivity contribution < 1.29 is 14.2 Å². The first-order chi connectivity index (χ1) is 7.78. The van der Waals surface area contributed by atoms with Gasteiger partial charge in [-0.2, -0.15) is 0 Å². The average Bonchev–Trinajstić information content (AvgIpc) is 2.29. The molecule has 0 aromatic heterocycles. The molecule has 1 N–H and O–H groups in total. The molecule has 1 fully saturated rings. The van der Waals surface area contributed by atoms with Crippen LogP contribution in [-0.4, -0.2) is 42.5 Å². The molecule has 0 saturated carbocycles. The molecule has 88 valence electrons. The van der Waals surface area contributed by atoms with E-state index in [4.69, 9.17) is 4.74 Å². The summed E-state index contributed by atoms with van der Waals surface area (Å²) in [6.07, 6.45) is -0.300. The molecular formula is C12H16FNO2. The lowest BCUT2D eigenvalue weighted by molar-refractivity contribution is -0.0412. The van der Waals surface area contributed by atoms with E-state index in [-0.39, 0.29) is 11.9 Å². The number of aromatic hydroxyl groups is 1. The molecule has 0 aliphatic carbocycles. The van der Waals surface area contributed by atoms with Crippen LogP contribution in [0.4, 0.5) is 4.39 Å². The highest BCUT2D eigenvalue weighted by Crippen LogP contribution is 2.15. The van der Waals surface area contributed by atoms with E-state index in [1.54, 1.807) is 12.1 Å². The lowest BCUT2D eigenvalue weighted by Gasteiger charge is -2.31. The number of rotatable bonds is 3. The maximum Gasteiger partial charge on any atom is 0.117 e. The zero-order chi connectivity index (χ0) is 11.4. The van der Waals surface area contributed by atoms with Crippen LogP contribution in [0.3, 0.4) is 0 Å². The number of halogens is 1. The molecule has 0 bridgehead atoms. The summed E-state index contributed by atoms with van der Waals surface area (Å²) in [6, 6.07) is 7.16. The summed E-state index contributed by atoms with van der Waals surface area (Å²) in [5, 5.41) is 9.34. The van der Waals surface area contributed by atoms with Gasteiger partial charge < -0.3 is 9.84 Å². The lowest BCUT2D eigenvalue weighted by Crippen LogP contribution is -2.42. The molecule has 1 aliphatic heterocycles. The van der Waals surface area contributed by atoms with Crippen molar-refractivity contribution in [3.05, 3.63) is 29.8 Å². The first-order valence-corrected chi connectivity index (χ1v) is 5.46. The highest BCUT2D eigenvalue weighted by Gasteiger charge is 2.20.